The van der Waals surface area contributed by atoms with Gasteiger partial charge in [-0.2, -0.15) is 18.3 Å². The zero-order valence-electron chi connectivity index (χ0n) is 27.5. The number of nitrogens with zero attached hydrogens (tertiary/aromatic N) is 3. The van der Waals surface area contributed by atoms with Crippen LogP contribution in [0.25, 0.3) is 5.69 Å². The van der Waals surface area contributed by atoms with Crippen molar-refractivity contribution in [3.8, 4) is 5.69 Å². The summed E-state index contributed by atoms with van der Waals surface area (Å²) in [5, 5.41) is 16.7. The van der Waals surface area contributed by atoms with Gasteiger partial charge in [-0.1, -0.05) is 63.3 Å². The van der Waals surface area contributed by atoms with Crippen molar-refractivity contribution in [1.29, 1.82) is 5.41 Å². The summed E-state index contributed by atoms with van der Waals surface area (Å²) in [5.41, 5.74) is 4.98. The largest absolute Gasteiger partial charge is 0.449 e. The highest BCUT2D eigenvalue weighted by molar-refractivity contribution is 6.05. The number of alkyl halides is 3. The van der Waals surface area contributed by atoms with Crippen molar-refractivity contribution < 1.29 is 31.9 Å². The second-order valence-electron chi connectivity index (χ2n) is 12.4. The van der Waals surface area contributed by atoms with E-state index in [0.717, 1.165) is 49.3 Å². The summed E-state index contributed by atoms with van der Waals surface area (Å²) in [5.74, 6) is -1.72. The molecule has 0 spiro atoms. The second-order valence-corrected chi connectivity index (χ2v) is 12.4. The van der Waals surface area contributed by atoms with E-state index in [9.17, 15) is 22.8 Å². The van der Waals surface area contributed by atoms with Crippen LogP contribution < -0.4 is 16.4 Å². The summed E-state index contributed by atoms with van der Waals surface area (Å²) in [6.07, 6.45) is 4.62. The Morgan fingerprint density at radius 3 is 2.54 bits per heavy atom. The molecule has 5 N–H and O–H groups in total. The Kier molecular flexibility index (Phi) is 11.3. The van der Waals surface area contributed by atoms with E-state index >= 15 is 4.39 Å². The molecule has 0 aliphatic heterocycles. The van der Waals surface area contributed by atoms with Gasteiger partial charge >= 0.3 is 12.3 Å². The third kappa shape index (κ3) is 8.91. The number of nitrogens with one attached hydrogen (secondary N) is 3. The van der Waals surface area contributed by atoms with E-state index < -0.39 is 40.9 Å². The Hall–Kier alpha value is -5.11. The number of carbonyl (C=O) groups excluding carboxylic acids is 2. The molecule has 2 aromatic heterocycles. The van der Waals surface area contributed by atoms with Gasteiger partial charge < -0.3 is 15.8 Å². The highest BCUT2D eigenvalue weighted by Crippen LogP contribution is 2.40. The minimum atomic E-state index is -4.91. The van der Waals surface area contributed by atoms with Crippen LogP contribution in [0.4, 0.5) is 28.0 Å². The van der Waals surface area contributed by atoms with Crippen molar-refractivity contribution in [2.45, 2.75) is 70.0 Å². The third-order valence-corrected chi connectivity index (χ3v) is 8.62. The van der Waals surface area contributed by atoms with Gasteiger partial charge in [0.2, 0.25) is 0 Å². The first kappa shape index (κ1) is 36.2. The molecule has 1 fully saturated rings. The number of amides is 2. The van der Waals surface area contributed by atoms with Crippen LogP contribution in [0.2, 0.25) is 0 Å². The maximum atomic E-state index is 15.2. The van der Waals surface area contributed by atoms with E-state index in [1.807, 2.05) is 6.07 Å². The third-order valence-electron chi connectivity index (χ3n) is 8.62. The zero-order valence-corrected chi connectivity index (χ0v) is 27.5. The van der Waals surface area contributed by atoms with Gasteiger partial charge in [0.15, 0.2) is 5.69 Å². The normalized spacial score (nSPS) is 14.1. The molecule has 4 aromatic rings. The van der Waals surface area contributed by atoms with Crippen LogP contribution in [-0.2, 0) is 16.5 Å². The standard InChI is InChI=1S/C36H39F4N7O3/c1-2-3-4-5-18-50-34(49)45-32(41)24-8-6-10-27(19-24)47-30(21-31(46-47)36(38,39)40)33(48)44-29-20-25(13-14-28(29)37)35(42,16-15-23-11-12-23)26-9-7-17-43-22-26/h6-10,13-14,17,19-23H,2-5,11-12,15-16,18,42H2,1H3,(H,44,48)(H2,41,45,49). The molecular weight excluding hydrogens is 654 g/mol. The molecule has 0 radical (unpaired) electrons. The number of carbonyl (C=O) groups is 2. The fourth-order valence-corrected chi connectivity index (χ4v) is 5.58. The molecule has 50 heavy (non-hydrogen) atoms. The van der Waals surface area contributed by atoms with Crippen LogP contribution in [0.3, 0.4) is 0 Å². The van der Waals surface area contributed by atoms with E-state index in [0.29, 0.717) is 36.0 Å². The molecule has 264 valence electrons. The summed E-state index contributed by atoms with van der Waals surface area (Å²) < 4.78 is 62.7. The maximum absolute atomic E-state index is 15.2. The van der Waals surface area contributed by atoms with Crippen molar-refractivity contribution in [3.05, 3.63) is 107 Å². The Morgan fingerprint density at radius 2 is 1.84 bits per heavy atom. The predicted molar refractivity (Wildman–Crippen MR) is 180 cm³/mol. The Labute approximate surface area is 286 Å². The highest BCUT2D eigenvalue weighted by atomic mass is 19.4. The molecular formula is C36H39F4N7O3. The summed E-state index contributed by atoms with van der Waals surface area (Å²) in [6, 6.07) is 13.7. The first-order chi connectivity index (χ1) is 23.9. The van der Waals surface area contributed by atoms with Gasteiger partial charge in [0.1, 0.15) is 17.3 Å². The summed E-state index contributed by atoms with van der Waals surface area (Å²) in [6.45, 7) is 2.22. The zero-order chi connectivity index (χ0) is 35.9. The van der Waals surface area contributed by atoms with Crippen LogP contribution in [0.15, 0.2) is 73.1 Å². The van der Waals surface area contributed by atoms with Crippen molar-refractivity contribution in [2.24, 2.45) is 11.7 Å². The lowest BCUT2D eigenvalue weighted by Crippen LogP contribution is -2.38. The molecule has 10 nitrogen and oxygen atoms in total. The first-order valence-electron chi connectivity index (χ1n) is 16.5. The van der Waals surface area contributed by atoms with Gasteiger partial charge in [0.05, 0.1) is 23.5 Å². The van der Waals surface area contributed by atoms with Crippen LogP contribution in [0, 0.1) is 17.1 Å². The molecule has 1 aliphatic rings. The van der Waals surface area contributed by atoms with Gasteiger partial charge in [0, 0.05) is 24.0 Å². The molecule has 1 saturated carbocycles. The number of halogens is 4. The monoisotopic (exact) mass is 693 g/mol. The molecule has 14 heteroatoms. The average molecular weight is 694 g/mol. The van der Waals surface area contributed by atoms with Gasteiger partial charge in [-0.15, -0.1) is 0 Å². The molecule has 1 aliphatic carbocycles. The van der Waals surface area contributed by atoms with Gasteiger partial charge in [-0.25, -0.2) is 13.9 Å². The number of benzene rings is 2. The Balaban J connectivity index is 1.41. The number of rotatable bonds is 14. The van der Waals surface area contributed by atoms with Crippen molar-refractivity contribution in [1.82, 2.24) is 20.1 Å². The number of ether oxygens (including phenoxy) is 1. The highest BCUT2D eigenvalue weighted by Gasteiger charge is 2.37. The lowest BCUT2D eigenvalue weighted by atomic mass is 9.80. The van der Waals surface area contributed by atoms with Crippen molar-refractivity contribution in [2.75, 3.05) is 11.9 Å². The quantitative estimate of drug-likeness (QED) is 0.0461. The van der Waals surface area contributed by atoms with Crippen LogP contribution >= 0.6 is 0 Å². The fourth-order valence-electron chi connectivity index (χ4n) is 5.58. The number of pyridine rings is 1. The number of aromatic nitrogens is 3. The number of nitrogens with two attached hydrogens (primary N) is 1. The lowest BCUT2D eigenvalue weighted by Gasteiger charge is -2.31. The van der Waals surface area contributed by atoms with Crippen LogP contribution in [-0.4, -0.2) is 39.2 Å². The van der Waals surface area contributed by atoms with E-state index in [1.165, 1.54) is 36.4 Å². The Bertz CT molecular complexity index is 1830. The lowest BCUT2D eigenvalue weighted by molar-refractivity contribution is -0.141. The van der Waals surface area contributed by atoms with Crippen LogP contribution in [0.1, 0.15) is 91.2 Å². The number of hydrogen-bond acceptors (Lipinski definition) is 7. The molecule has 2 aromatic carbocycles. The topological polar surface area (TPSA) is 148 Å². The molecule has 1 unspecified atom stereocenters. The minimum absolute atomic E-state index is 0.0190. The average Bonchev–Trinajstić information content (AvgIpc) is 3.82. The SMILES string of the molecule is CCCCCCOC(=O)NC(=N)c1cccc(-n2nc(C(F)(F)F)cc2C(=O)Nc2cc(C(N)(CCC3CC3)c3cccnc3)ccc2F)c1. The number of anilines is 1. The van der Waals surface area contributed by atoms with E-state index in [1.54, 1.807) is 18.5 Å². The Morgan fingerprint density at radius 1 is 1.04 bits per heavy atom. The molecule has 2 amide bonds. The predicted octanol–water partition coefficient (Wildman–Crippen LogP) is 7.70. The van der Waals surface area contributed by atoms with Crippen molar-refractivity contribution >= 4 is 23.5 Å². The van der Waals surface area contributed by atoms with Gasteiger partial charge in [-0.3, -0.25) is 20.5 Å². The minimum Gasteiger partial charge on any atom is -0.449 e. The van der Waals surface area contributed by atoms with Crippen molar-refractivity contribution in [3.63, 3.8) is 0 Å². The summed E-state index contributed by atoms with van der Waals surface area (Å²) >= 11 is 0. The van der Waals surface area contributed by atoms with Gasteiger partial charge in [-0.05, 0) is 66.6 Å². The van der Waals surface area contributed by atoms with E-state index in [4.69, 9.17) is 15.9 Å². The summed E-state index contributed by atoms with van der Waals surface area (Å²) in [4.78, 5) is 30.0. The maximum Gasteiger partial charge on any atom is 0.435 e. The van der Waals surface area contributed by atoms with E-state index in [2.05, 4.69) is 27.6 Å². The number of alkyl carbamates (subject to hydrolysis) is 1. The first-order valence-corrected chi connectivity index (χ1v) is 16.5. The number of amidine groups is 1. The summed E-state index contributed by atoms with van der Waals surface area (Å²) in [7, 11) is 0. The number of unbranched alkanes of at least 4 members (excludes halogenated alkanes) is 3. The van der Waals surface area contributed by atoms with E-state index in [-0.39, 0.29) is 29.4 Å². The molecule has 5 rings (SSSR count). The molecule has 1 atom stereocenters. The van der Waals surface area contributed by atoms with Gasteiger partial charge in [0.25, 0.3) is 5.91 Å². The molecule has 0 bridgehead atoms. The molecule has 2 heterocycles. The smallest absolute Gasteiger partial charge is 0.435 e. The van der Waals surface area contributed by atoms with Crippen LogP contribution in [0.5, 0.6) is 0 Å². The molecule has 0 saturated heterocycles. The number of hydrogen-bond donors (Lipinski definition) is 4. The second kappa shape index (κ2) is 15.6. The fraction of sp³-hybridized carbons (Fsp3) is 0.361.